The van der Waals surface area contributed by atoms with Crippen LogP contribution in [0.25, 0.3) is 0 Å². The second kappa shape index (κ2) is 17.5. The number of aryl methyl sites for hydroxylation is 2. The van der Waals surface area contributed by atoms with Crippen molar-refractivity contribution in [3.63, 3.8) is 0 Å². The molecule has 11 aromatic carbocycles. The maximum atomic E-state index is 7.46. The minimum absolute atomic E-state index is 0.152. The maximum Gasteiger partial charge on any atom is 0.256 e. The highest BCUT2D eigenvalue weighted by atomic mass is 16.5. The van der Waals surface area contributed by atoms with Gasteiger partial charge in [-0.15, -0.1) is 0 Å². The van der Waals surface area contributed by atoms with E-state index in [9.17, 15) is 0 Å². The zero-order valence-corrected chi connectivity index (χ0v) is 42.0. The predicted octanol–water partition coefficient (Wildman–Crippen LogP) is 14.1. The van der Waals surface area contributed by atoms with E-state index >= 15 is 0 Å². The van der Waals surface area contributed by atoms with Crippen LogP contribution in [0.4, 0.5) is 68.2 Å². The van der Waals surface area contributed by atoms with Crippen LogP contribution in [-0.2, 0) is 0 Å². The molecule has 0 amide bonds. The summed E-state index contributed by atoms with van der Waals surface area (Å²) in [5, 5.41) is 0. The van der Waals surface area contributed by atoms with Gasteiger partial charge in [0.15, 0.2) is 0 Å². The quantitative estimate of drug-likeness (QED) is 0.141. The lowest BCUT2D eigenvalue weighted by molar-refractivity contribution is 0.466. The van der Waals surface area contributed by atoms with Gasteiger partial charge in [-0.1, -0.05) is 140 Å². The molecule has 8 heteroatoms. The van der Waals surface area contributed by atoms with Crippen molar-refractivity contribution in [1.29, 1.82) is 0 Å². The second-order valence-corrected chi connectivity index (χ2v) is 20.2. The molecule has 0 bridgehead atoms. The molecule has 6 nitrogen and oxygen atoms in total. The number of rotatable bonds is 8. The van der Waals surface area contributed by atoms with Crippen LogP contribution in [0, 0.1) is 13.8 Å². The Hall–Kier alpha value is -9.65. The lowest BCUT2D eigenvalue weighted by Crippen LogP contribution is -2.63. The molecule has 358 valence electrons. The molecule has 0 atom stereocenters. The first-order valence-electron chi connectivity index (χ1n) is 26.1. The number of benzene rings is 11. The van der Waals surface area contributed by atoms with Crippen molar-refractivity contribution in [2.24, 2.45) is 0 Å². The first-order chi connectivity index (χ1) is 37.5. The number of fused-ring (bicyclic) bond motifs is 8. The highest BCUT2D eigenvalue weighted by Gasteiger charge is 2.47. The van der Waals surface area contributed by atoms with E-state index in [1.807, 2.05) is 0 Å². The van der Waals surface area contributed by atoms with E-state index in [4.69, 9.17) is 9.47 Å². The number of hydrogen-bond acceptors (Lipinski definition) is 6. The van der Waals surface area contributed by atoms with Gasteiger partial charge in [0.2, 0.25) is 0 Å². The fourth-order valence-corrected chi connectivity index (χ4v) is 12.3. The lowest BCUT2D eigenvalue weighted by atomic mass is 9.31. The molecule has 0 aromatic heterocycles. The molecule has 15 rings (SSSR count). The van der Waals surface area contributed by atoms with E-state index in [0.717, 1.165) is 113 Å². The zero-order valence-electron chi connectivity index (χ0n) is 42.0. The fourth-order valence-electron chi connectivity index (χ4n) is 12.3. The van der Waals surface area contributed by atoms with E-state index in [1.54, 1.807) is 0 Å². The topological polar surface area (TPSA) is 31.4 Å². The summed E-state index contributed by atoms with van der Waals surface area (Å²) in [4.78, 5) is 9.54. The van der Waals surface area contributed by atoms with Crippen LogP contribution in [0.2, 0.25) is 0 Å². The van der Waals surface area contributed by atoms with E-state index in [0.29, 0.717) is 0 Å². The molecule has 0 unspecified atom stereocenters. The normalized spacial score (nSPS) is 13.0. The van der Waals surface area contributed by atoms with Gasteiger partial charge in [0.1, 0.15) is 23.0 Å². The highest BCUT2D eigenvalue weighted by Crippen LogP contribution is 2.49. The van der Waals surface area contributed by atoms with Crippen molar-refractivity contribution < 1.29 is 9.47 Å². The van der Waals surface area contributed by atoms with Gasteiger partial charge < -0.3 is 29.1 Å². The van der Waals surface area contributed by atoms with Crippen LogP contribution in [0.5, 0.6) is 23.0 Å². The summed E-state index contributed by atoms with van der Waals surface area (Å²) >= 11 is 0. The predicted molar refractivity (Wildman–Crippen MR) is 317 cm³/mol. The van der Waals surface area contributed by atoms with Crippen LogP contribution >= 0.6 is 0 Å². The van der Waals surface area contributed by atoms with Gasteiger partial charge in [-0.05, 0) is 155 Å². The Labute approximate surface area is 444 Å². The summed E-state index contributed by atoms with van der Waals surface area (Å²) in [7, 11) is 0. The molecule has 11 aromatic rings. The highest BCUT2D eigenvalue weighted by molar-refractivity contribution is 7.02. The Bertz CT molecular complexity index is 3710. The molecule has 4 aliphatic heterocycles. The van der Waals surface area contributed by atoms with Gasteiger partial charge in [0, 0.05) is 75.1 Å². The molecule has 0 saturated heterocycles. The van der Waals surface area contributed by atoms with Gasteiger partial charge >= 0.3 is 0 Å². The van der Waals surface area contributed by atoms with Gasteiger partial charge in [-0.2, -0.15) is 0 Å². The van der Waals surface area contributed by atoms with E-state index < -0.39 is 0 Å². The third-order valence-electron chi connectivity index (χ3n) is 15.6. The largest absolute Gasteiger partial charge is 0.458 e. The molecule has 76 heavy (non-hydrogen) atoms. The Balaban J connectivity index is 0.979. The Kier molecular flexibility index (Phi) is 10.1. The van der Waals surface area contributed by atoms with Crippen molar-refractivity contribution in [3.05, 3.63) is 266 Å². The Morgan fingerprint density at radius 3 is 0.987 bits per heavy atom. The average molecular weight is 975 g/mol. The summed E-state index contributed by atoms with van der Waals surface area (Å²) in [5.74, 6) is 3.19. The molecule has 0 spiro atoms. The summed E-state index contributed by atoms with van der Waals surface area (Å²) in [6, 6.07) is 91.8. The monoisotopic (exact) mass is 974 g/mol. The van der Waals surface area contributed by atoms with Crippen molar-refractivity contribution in [1.82, 2.24) is 0 Å². The number of nitrogens with zero attached hydrogens (tertiary/aromatic N) is 4. The van der Waals surface area contributed by atoms with Crippen LogP contribution < -0.4 is 61.9 Å². The zero-order chi connectivity index (χ0) is 50.4. The van der Waals surface area contributed by atoms with Gasteiger partial charge in [-0.25, -0.2) is 0 Å². The molecule has 4 aliphatic rings. The molecular weight excluding hydrogens is 926 g/mol. The molecular formula is C68H48B2N4O2. The summed E-state index contributed by atoms with van der Waals surface area (Å²) in [5.41, 5.74) is 22.2. The van der Waals surface area contributed by atoms with Crippen molar-refractivity contribution in [2.75, 3.05) is 19.6 Å². The van der Waals surface area contributed by atoms with Crippen LogP contribution in [0.3, 0.4) is 0 Å². The van der Waals surface area contributed by atoms with Gasteiger partial charge in [0.05, 0.1) is 11.4 Å². The maximum absolute atomic E-state index is 7.46. The first-order valence-corrected chi connectivity index (χ1v) is 26.1. The number of anilines is 12. The van der Waals surface area contributed by atoms with Crippen LogP contribution in [0.15, 0.2) is 255 Å². The Morgan fingerprint density at radius 1 is 0.289 bits per heavy atom. The Morgan fingerprint density at radius 2 is 0.632 bits per heavy atom. The molecule has 0 saturated carbocycles. The smallest absolute Gasteiger partial charge is 0.256 e. The molecule has 0 aliphatic carbocycles. The van der Waals surface area contributed by atoms with E-state index in [2.05, 4.69) is 288 Å². The SMILES string of the molecule is Cc1ccc2c(c1)N(c1ccccc1)c1cc(N(c3ccccc3)c3ccccc3)cc3c1B2c1cc2c(cc1O3)Oc1cc(N(c3ccccc3)c3ccccc3)cc3c1B2c1ccc(C)cc1N3c1ccccc1. The second-order valence-electron chi connectivity index (χ2n) is 20.2. The number of para-hydroxylation sites is 6. The molecule has 4 heterocycles. The average Bonchev–Trinajstić information content (AvgIpc) is 3.50. The molecule has 0 N–H and O–H groups in total. The standard InChI is InChI=1S/C68H48B2N4O2/c1-45-33-35-55-59(37-45)73(51-29-17-7-18-30-51)61-39-53(71(47-21-9-3-10-22-47)48-23-11-4-12-24-48)41-65-67(61)69(55)57-43-58-64(44-63(57)75-65)76-66-42-54(72(49-25-13-5-14-26-49)50-27-15-6-16-28-50)40-62-68(66)70(58)56-36-34-46(2)38-60(56)74(62)52-31-19-8-20-32-52/h3-44H,1-2H3. The summed E-state index contributed by atoms with van der Waals surface area (Å²) in [6.07, 6.45) is 0. The number of ether oxygens (including phenoxy) is 2. The summed E-state index contributed by atoms with van der Waals surface area (Å²) in [6.45, 7) is 4.08. The molecule has 0 fully saturated rings. The van der Waals surface area contributed by atoms with E-state index in [-0.39, 0.29) is 13.4 Å². The minimum atomic E-state index is -0.152. The first kappa shape index (κ1) is 43.9. The van der Waals surface area contributed by atoms with Crippen molar-refractivity contribution in [2.45, 2.75) is 13.8 Å². The third-order valence-corrected chi connectivity index (χ3v) is 15.6. The number of hydrogen-bond donors (Lipinski definition) is 0. The van der Waals surface area contributed by atoms with Gasteiger partial charge in [-0.3, -0.25) is 0 Å². The van der Waals surface area contributed by atoms with Crippen molar-refractivity contribution >= 4 is 114 Å². The van der Waals surface area contributed by atoms with Crippen LogP contribution in [-0.4, -0.2) is 13.4 Å². The summed E-state index contributed by atoms with van der Waals surface area (Å²) < 4.78 is 14.9. The fraction of sp³-hybridized carbons (Fsp3) is 0.0294. The third kappa shape index (κ3) is 6.98. The van der Waals surface area contributed by atoms with Gasteiger partial charge in [0.25, 0.3) is 13.4 Å². The minimum Gasteiger partial charge on any atom is -0.458 e. The van der Waals surface area contributed by atoms with Crippen molar-refractivity contribution in [3.8, 4) is 23.0 Å². The molecule has 0 radical (unpaired) electrons. The van der Waals surface area contributed by atoms with Crippen LogP contribution in [0.1, 0.15) is 11.1 Å². The van der Waals surface area contributed by atoms with E-state index in [1.165, 1.54) is 22.1 Å². The lowest BCUT2D eigenvalue weighted by Gasteiger charge is -2.43.